The number of carbonyl (C=O) groups excluding carboxylic acids is 1. The lowest BCUT2D eigenvalue weighted by atomic mass is 10.0. The van der Waals surface area contributed by atoms with Crippen molar-refractivity contribution in [3.05, 3.63) is 50.4 Å². The summed E-state index contributed by atoms with van der Waals surface area (Å²) in [5.74, 6) is -0.571. The summed E-state index contributed by atoms with van der Waals surface area (Å²) < 4.78 is 32.9. The summed E-state index contributed by atoms with van der Waals surface area (Å²) in [6.45, 7) is 3.09. The summed E-state index contributed by atoms with van der Waals surface area (Å²) in [7, 11) is -4.02. The lowest BCUT2D eigenvalue weighted by Crippen LogP contribution is -2.23. The SMILES string of the molecule is CCOC(=O)c1c(NS(=O)(=O)c2ccc([N+](=O)[O-])cc2)sc2c1CCNC2. The van der Waals surface area contributed by atoms with Gasteiger partial charge in [-0.05, 0) is 37.6 Å². The number of nitro groups is 1. The zero-order chi connectivity index (χ0) is 19.6. The Balaban J connectivity index is 1.97. The molecule has 0 spiro atoms. The van der Waals surface area contributed by atoms with Crippen molar-refractivity contribution < 1.29 is 22.9 Å². The van der Waals surface area contributed by atoms with E-state index >= 15 is 0 Å². The Hall–Kier alpha value is -2.50. The fraction of sp³-hybridized carbons (Fsp3) is 0.312. The number of nitrogens with zero attached hydrogens (tertiary/aromatic N) is 1. The average molecular weight is 411 g/mol. The Morgan fingerprint density at radius 3 is 2.70 bits per heavy atom. The van der Waals surface area contributed by atoms with E-state index in [1.165, 1.54) is 11.3 Å². The Morgan fingerprint density at radius 2 is 2.07 bits per heavy atom. The number of esters is 1. The minimum Gasteiger partial charge on any atom is -0.462 e. The number of hydrogen-bond donors (Lipinski definition) is 2. The molecule has 3 rings (SSSR count). The average Bonchev–Trinajstić information content (AvgIpc) is 2.99. The highest BCUT2D eigenvalue weighted by Crippen LogP contribution is 2.37. The second-order valence-corrected chi connectivity index (χ2v) is 8.50. The topological polar surface area (TPSA) is 128 Å². The van der Waals surface area contributed by atoms with Gasteiger partial charge in [-0.3, -0.25) is 14.8 Å². The van der Waals surface area contributed by atoms with Crippen molar-refractivity contribution in [1.82, 2.24) is 5.32 Å². The maximum absolute atomic E-state index is 12.7. The number of ether oxygens (including phenoxy) is 1. The predicted octanol–water partition coefficient (Wildman–Crippen LogP) is 2.28. The first-order valence-corrected chi connectivity index (χ1v) is 10.4. The molecule has 0 radical (unpaired) electrons. The molecule has 0 aliphatic carbocycles. The lowest BCUT2D eigenvalue weighted by molar-refractivity contribution is -0.384. The van der Waals surface area contributed by atoms with Crippen LogP contribution in [0.2, 0.25) is 0 Å². The molecule has 1 aromatic heterocycles. The zero-order valence-corrected chi connectivity index (χ0v) is 16.0. The van der Waals surface area contributed by atoms with Gasteiger partial charge in [0.25, 0.3) is 15.7 Å². The Bertz CT molecular complexity index is 982. The third kappa shape index (κ3) is 3.94. The van der Waals surface area contributed by atoms with Crippen LogP contribution in [0.1, 0.15) is 27.7 Å². The summed E-state index contributed by atoms with van der Waals surface area (Å²) >= 11 is 1.18. The first kappa shape index (κ1) is 19.3. The molecular formula is C16H17N3O6S2. The summed E-state index contributed by atoms with van der Waals surface area (Å²) in [5, 5.41) is 14.1. The molecule has 0 unspecified atom stereocenters. The van der Waals surface area contributed by atoms with Gasteiger partial charge < -0.3 is 10.1 Å². The molecule has 0 atom stereocenters. The number of carbonyl (C=O) groups is 1. The quantitative estimate of drug-likeness (QED) is 0.424. The molecule has 1 aliphatic heterocycles. The number of benzene rings is 1. The first-order valence-electron chi connectivity index (χ1n) is 8.13. The molecule has 1 aromatic carbocycles. The van der Waals surface area contributed by atoms with Gasteiger partial charge in [-0.15, -0.1) is 11.3 Å². The fourth-order valence-corrected chi connectivity index (χ4v) is 5.26. The molecule has 0 saturated heterocycles. The van der Waals surface area contributed by atoms with Gasteiger partial charge in [0.2, 0.25) is 0 Å². The second-order valence-electron chi connectivity index (χ2n) is 5.71. The van der Waals surface area contributed by atoms with Crippen molar-refractivity contribution in [1.29, 1.82) is 0 Å². The molecule has 0 bridgehead atoms. The Kier molecular flexibility index (Phi) is 5.44. The minimum absolute atomic E-state index is 0.132. The van der Waals surface area contributed by atoms with Crippen molar-refractivity contribution in [2.75, 3.05) is 17.9 Å². The summed E-state index contributed by atoms with van der Waals surface area (Å²) in [6, 6.07) is 4.54. The number of fused-ring (bicyclic) bond motifs is 1. The van der Waals surface area contributed by atoms with Crippen LogP contribution in [-0.2, 0) is 27.7 Å². The molecule has 0 saturated carbocycles. The first-order chi connectivity index (χ1) is 12.8. The molecule has 2 aromatic rings. The minimum atomic E-state index is -4.02. The standard InChI is InChI=1S/C16H17N3O6S2/c1-2-25-16(20)14-12-7-8-17-9-13(12)26-15(14)18-27(23,24)11-5-3-10(4-6-11)19(21)22/h3-6,17-18H,2,7-9H2,1H3. The van der Waals surface area contributed by atoms with Crippen molar-refractivity contribution in [3.63, 3.8) is 0 Å². The van der Waals surface area contributed by atoms with Gasteiger partial charge in [0, 0.05) is 23.6 Å². The van der Waals surface area contributed by atoms with Crippen LogP contribution >= 0.6 is 11.3 Å². The van der Waals surface area contributed by atoms with Crippen molar-refractivity contribution >= 4 is 38.0 Å². The summed E-state index contributed by atoms with van der Waals surface area (Å²) in [5.41, 5.74) is 0.821. The van der Waals surface area contributed by atoms with Crippen LogP contribution in [0.3, 0.4) is 0 Å². The Labute approximate surface area is 159 Å². The largest absolute Gasteiger partial charge is 0.462 e. The Morgan fingerprint density at radius 1 is 1.37 bits per heavy atom. The van der Waals surface area contributed by atoms with E-state index in [0.29, 0.717) is 19.5 Å². The van der Waals surface area contributed by atoms with Crippen LogP contribution in [0.5, 0.6) is 0 Å². The normalized spacial score (nSPS) is 13.7. The van der Waals surface area contributed by atoms with Gasteiger partial charge in [0.1, 0.15) is 5.00 Å². The molecule has 1 aliphatic rings. The molecule has 9 nitrogen and oxygen atoms in total. The van der Waals surface area contributed by atoms with Crippen LogP contribution in [0.25, 0.3) is 0 Å². The molecular weight excluding hydrogens is 394 g/mol. The van der Waals surface area contributed by atoms with Gasteiger partial charge in [0.15, 0.2) is 0 Å². The van der Waals surface area contributed by atoms with Crippen LogP contribution in [0.15, 0.2) is 29.2 Å². The maximum Gasteiger partial charge on any atom is 0.341 e. The second kappa shape index (κ2) is 7.62. The van der Waals surface area contributed by atoms with E-state index in [1.807, 2.05) is 0 Å². The van der Waals surface area contributed by atoms with Gasteiger partial charge in [-0.2, -0.15) is 0 Å². The number of sulfonamides is 1. The van der Waals surface area contributed by atoms with Crippen molar-refractivity contribution in [2.24, 2.45) is 0 Å². The van der Waals surface area contributed by atoms with Crippen molar-refractivity contribution in [2.45, 2.75) is 24.8 Å². The highest BCUT2D eigenvalue weighted by Gasteiger charge is 2.29. The van der Waals surface area contributed by atoms with E-state index in [2.05, 4.69) is 10.0 Å². The number of hydrogen-bond acceptors (Lipinski definition) is 8. The molecule has 0 fully saturated rings. The van der Waals surface area contributed by atoms with E-state index < -0.39 is 20.9 Å². The third-order valence-corrected chi connectivity index (χ3v) is 6.63. The lowest BCUT2D eigenvalue weighted by Gasteiger charge is -2.13. The molecule has 2 heterocycles. The highest BCUT2D eigenvalue weighted by atomic mass is 32.2. The maximum atomic E-state index is 12.7. The van der Waals surface area contributed by atoms with E-state index in [4.69, 9.17) is 4.74 Å². The summed E-state index contributed by atoms with van der Waals surface area (Å²) in [4.78, 5) is 23.3. The third-order valence-electron chi connectivity index (χ3n) is 3.99. The van der Waals surface area contributed by atoms with Crippen LogP contribution in [0, 0.1) is 10.1 Å². The predicted molar refractivity (Wildman–Crippen MR) is 99.6 cm³/mol. The molecule has 11 heteroatoms. The number of rotatable bonds is 6. The van der Waals surface area contributed by atoms with E-state index in [0.717, 1.165) is 34.7 Å². The van der Waals surface area contributed by atoms with Crippen LogP contribution < -0.4 is 10.0 Å². The highest BCUT2D eigenvalue weighted by molar-refractivity contribution is 7.93. The van der Waals surface area contributed by atoms with E-state index in [9.17, 15) is 23.3 Å². The van der Waals surface area contributed by atoms with Gasteiger partial charge in [-0.1, -0.05) is 0 Å². The van der Waals surface area contributed by atoms with Crippen LogP contribution in [-0.4, -0.2) is 32.5 Å². The van der Waals surface area contributed by atoms with Gasteiger partial charge in [-0.25, -0.2) is 13.2 Å². The smallest absolute Gasteiger partial charge is 0.341 e. The molecule has 144 valence electrons. The number of non-ortho nitro benzene ring substituents is 1. The number of nitrogens with one attached hydrogen (secondary N) is 2. The number of nitro benzene ring substituents is 1. The fourth-order valence-electron chi connectivity index (χ4n) is 2.75. The molecule has 0 amide bonds. The molecule has 2 N–H and O–H groups in total. The zero-order valence-electron chi connectivity index (χ0n) is 14.4. The van der Waals surface area contributed by atoms with E-state index in [-0.39, 0.29) is 27.8 Å². The molecule has 27 heavy (non-hydrogen) atoms. The van der Waals surface area contributed by atoms with Gasteiger partial charge in [0.05, 0.1) is 22.0 Å². The van der Waals surface area contributed by atoms with Gasteiger partial charge >= 0.3 is 5.97 Å². The van der Waals surface area contributed by atoms with Crippen molar-refractivity contribution in [3.8, 4) is 0 Å². The van der Waals surface area contributed by atoms with E-state index in [1.54, 1.807) is 6.92 Å². The number of anilines is 1. The van der Waals surface area contributed by atoms with Crippen LogP contribution in [0.4, 0.5) is 10.7 Å². The number of thiophene rings is 1. The summed E-state index contributed by atoms with van der Waals surface area (Å²) in [6.07, 6.45) is 0.596. The monoisotopic (exact) mass is 411 g/mol.